The third-order valence-electron chi connectivity index (χ3n) is 5.50. The number of nitrogens with zero attached hydrogens (tertiary/aromatic N) is 1. The van der Waals surface area contributed by atoms with Crippen LogP contribution in [-0.2, 0) is 6.42 Å². The van der Waals surface area contributed by atoms with E-state index >= 15 is 0 Å². The molecule has 1 unspecified atom stereocenters. The number of hydrogen-bond acceptors (Lipinski definition) is 2. The molecule has 5 heteroatoms. The lowest BCUT2D eigenvalue weighted by Crippen LogP contribution is -2.35. The summed E-state index contributed by atoms with van der Waals surface area (Å²) in [6.07, 6.45) is 4.64. The lowest BCUT2D eigenvalue weighted by molar-refractivity contribution is 0.169. The lowest BCUT2D eigenvalue weighted by Gasteiger charge is -2.33. The number of rotatable bonds is 7. The molecule has 1 N–H and O–H groups in total. The van der Waals surface area contributed by atoms with E-state index in [1.165, 1.54) is 24.8 Å². The van der Waals surface area contributed by atoms with E-state index in [2.05, 4.69) is 35.2 Å². The molecule has 1 aliphatic heterocycles. The van der Waals surface area contributed by atoms with Gasteiger partial charge >= 0.3 is 0 Å². The van der Waals surface area contributed by atoms with Crippen LogP contribution in [0.5, 0.6) is 0 Å². The van der Waals surface area contributed by atoms with Crippen molar-refractivity contribution >= 4 is 35.6 Å². The van der Waals surface area contributed by atoms with Crippen LogP contribution in [0.2, 0.25) is 10.0 Å². The van der Waals surface area contributed by atoms with E-state index in [0.717, 1.165) is 37.5 Å². The largest absolute Gasteiger partial charge is 0.396 e. The first-order valence-electron chi connectivity index (χ1n) is 9.48. The Labute approximate surface area is 178 Å². The van der Waals surface area contributed by atoms with Crippen LogP contribution in [0.1, 0.15) is 36.3 Å². The summed E-state index contributed by atoms with van der Waals surface area (Å²) in [5.41, 5.74) is 2.52. The number of hydrogen-bond donors (Lipinski definition) is 1. The highest BCUT2D eigenvalue weighted by Gasteiger charge is 2.21. The Hall–Kier alpha value is -0.770. The van der Waals surface area contributed by atoms with E-state index < -0.39 is 0 Å². The molecule has 1 atom stereocenters. The summed E-state index contributed by atoms with van der Waals surface area (Å²) in [6, 6.07) is 16.5. The predicted octanol–water partition coefficient (Wildman–Crippen LogP) is 5.84. The van der Waals surface area contributed by atoms with E-state index in [0.29, 0.717) is 10.0 Å². The summed E-state index contributed by atoms with van der Waals surface area (Å²) < 4.78 is 0. The maximum absolute atomic E-state index is 9.78. The van der Waals surface area contributed by atoms with Gasteiger partial charge in [0.2, 0.25) is 0 Å². The smallest absolute Gasteiger partial charge is 0.0595 e. The number of aliphatic hydroxyl groups excluding tert-OH is 1. The number of piperidine rings is 1. The Morgan fingerprint density at radius 1 is 1.00 bits per heavy atom. The number of aliphatic hydroxyl groups is 1. The molecule has 1 fully saturated rings. The fourth-order valence-corrected chi connectivity index (χ4v) is 4.14. The predicted molar refractivity (Wildman–Crippen MR) is 117 cm³/mol. The zero-order chi connectivity index (χ0) is 18.4. The topological polar surface area (TPSA) is 23.5 Å². The quantitative estimate of drug-likeness (QED) is 0.599. The molecule has 1 heterocycles. The van der Waals surface area contributed by atoms with Gasteiger partial charge in [0.25, 0.3) is 0 Å². The molecule has 0 aromatic heterocycles. The van der Waals surface area contributed by atoms with E-state index in [-0.39, 0.29) is 24.9 Å². The first kappa shape index (κ1) is 22.5. The van der Waals surface area contributed by atoms with Crippen LogP contribution in [0.3, 0.4) is 0 Å². The Morgan fingerprint density at radius 2 is 1.70 bits per heavy atom. The van der Waals surface area contributed by atoms with Crippen molar-refractivity contribution in [1.82, 2.24) is 4.90 Å². The van der Waals surface area contributed by atoms with E-state index in [9.17, 15) is 5.11 Å². The molecule has 0 spiro atoms. The Morgan fingerprint density at radius 3 is 2.33 bits per heavy atom. The minimum atomic E-state index is 0. The van der Waals surface area contributed by atoms with Crippen molar-refractivity contribution in [2.45, 2.75) is 31.6 Å². The fraction of sp³-hybridized carbons (Fsp3) is 0.455. The third kappa shape index (κ3) is 6.66. The SMILES string of the molecule is Cl.OCC(CCN1CCC(Cc2ccccc2)CC1)c1ccc(Cl)c(Cl)c1. The summed E-state index contributed by atoms with van der Waals surface area (Å²) in [7, 11) is 0. The van der Waals surface area contributed by atoms with Crippen molar-refractivity contribution < 1.29 is 5.11 Å². The van der Waals surface area contributed by atoms with Gasteiger partial charge in [-0.1, -0.05) is 59.6 Å². The molecular weight excluding hydrogens is 401 g/mol. The van der Waals surface area contributed by atoms with Crippen LogP contribution in [0.4, 0.5) is 0 Å². The van der Waals surface area contributed by atoms with Gasteiger partial charge in [0.05, 0.1) is 10.0 Å². The summed E-state index contributed by atoms with van der Waals surface area (Å²) in [4.78, 5) is 2.53. The monoisotopic (exact) mass is 427 g/mol. The minimum absolute atomic E-state index is 0. The van der Waals surface area contributed by atoms with E-state index in [1.54, 1.807) is 0 Å². The molecule has 0 bridgehead atoms. The Kier molecular flexibility index (Phi) is 9.41. The van der Waals surface area contributed by atoms with E-state index in [1.807, 2.05) is 18.2 Å². The molecule has 1 aliphatic rings. The molecule has 0 saturated carbocycles. The van der Waals surface area contributed by atoms with Crippen molar-refractivity contribution in [3.63, 3.8) is 0 Å². The molecule has 0 aliphatic carbocycles. The van der Waals surface area contributed by atoms with Crippen molar-refractivity contribution in [3.05, 3.63) is 69.7 Å². The maximum Gasteiger partial charge on any atom is 0.0595 e. The van der Waals surface area contributed by atoms with Crippen molar-refractivity contribution in [2.24, 2.45) is 5.92 Å². The molecule has 27 heavy (non-hydrogen) atoms. The normalized spacial score (nSPS) is 16.7. The summed E-state index contributed by atoms with van der Waals surface area (Å²) >= 11 is 12.1. The summed E-state index contributed by atoms with van der Waals surface area (Å²) in [5, 5.41) is 10.9. The first-order valence-corrected chi connectivity index (χ1v) is 10.2. The first-order chi connectivity index (χ1) is 12.7. The second kappa shape index (κ2) is 11.3. The van der Waals surface area contributed by atoms with Crippen LogP contribution < -0.4 is 0 Å². The molecule has 0 amide bonds. The second-order valence-electron chi connectivity index (χ2n) is 7.32. The standard InChI is InChI=1S/C22H27Cl2NO.ClH/c23-21-7-6-19(15-22(21)24)20(16-26)10-13-25-11-8-18(9-12-25)14-17-4-2-1-3-5-17;/h1-7,15,18,20,26H,8-14,16H2;1H. The van der Waals surface area contributed by atoms with Crippen LogP contribution in [-0.4, -0.2) is 36.2 Å². The van der Waals surface area contributed by atoms with Gasteiger partial charge in [-0.2, -0.15) is 0 Å². The van der Waals surface area contributed by atoms with Gasteiger partial charge in [0.15, 0.2) is 0 Å². The Balaban J connectivity index is 0.00000261. The van der Waals surface area contributed by atoms with Crippen molar-refractivity contribution in [1.29, 1.82) is 0 Å². The highest BCUT2D eigenvalue weighted by Crippen LogP contribution is 2.29. The average molecular weight is 429 g/mol. The van der Waals surface area contributed by atoms with Gasteiger partial charge in [0.1, 0.15) is 0 Å². The van der Waals surface area contributed by atoms with Crippen molar-refractivity contribution in [2.75, 3.05) is 26.2 Å². The maximum atomic E-state index is 9.78. The average Bonchev–Trinajstić information content (AvgIpc) is 2.67. The van der Waals surface area contributed by atoms with Gasteiger partial charge < -0.3 is 10.0 Å². The molecule has 3 rings (SSSR count). The molecule has 2 aromatic carbocycles. The summed E-state index contributed by atoms with van der Waals surface area (Å²) in [5.74, 6) is 0.907. The molecule has 2 aromatic rings. The van der Waals surface area contributed by atoms with Gasteiger partial charge in [-0.25, -0.2) is 0 Å². The summed E-state index contributed by atoms with van der Waals surface area (Å²) in [6.45, 7) is 3.46. The number of likely N-dealkylation sites (tertiary alicyclic amines) is 1. The second-order valence-corrected chi connectivity index (χ2v) is 8.13. The van der Waals surface area contributed by atoms with Gasteiger partial charge in [-0.3, -0.25) is 0 Å². The zero-order valence-corrected chi connectivity index (χ0v) is 17.8. The van der Waals surface area contributed by atoms with Crippen LogP contribution in [0.25, 0.3) is 0 Å². The molecule has 148 valence electrons. The fourth-order valence-electron chi connectivity index (χ4n) is 3.83. The number of benzene rings is 2. The lowest BCUT2D eigenvalue weighted by atomic mass is 9.89. The van der Waals surface area contributed by atoms with Crippen LogP contribution in [0, 0.1) is 5.92 Å². The van der Waals surface area contributed by atoms with Gasteiger partial charge in [-0.15, -0.1) is 12.4 Å². The highest BCUT2D eigenvalue weighted by atomic mass is 35.5. The molecular formula is C22H28Cl3NO. The number of halogens is 3. The molecule has 1 saturated heterocycles. The third-order valence-corrected chi connectivity index (χ3v) is 6.24. The minimum Gasteiger partial charge on any atom is -0.396 e. The molecule has 0 radical (unpaired) electrons. The van der Waals surface area contributed by atoms with Crippen molar-refractivity contribution in [3.8, 4) is 0 Å². The Bertz CT molecular complexity index is 687. The highest BCUT2D eigenvalue weighted by molar-refractivity contribution is 6.42. The van der Waals surface area contributed by atoms with Crippen LogP contribution >= 0.6 is 35.6 Å². The van der Waals surface area contributed by atoms with Crippen LogP contribution in [0.15, 0.2) is 48.5 Å². The zero-order valence-electron chi connectivity index (χ0n) is 15.5. The van der Waals surface area contributed by atoms with Gasteiger partial charge in [0, 0.05) is 12.5 Å². The van der Waals surface area contributed by atoms with Gasteiger partial charge in [-0.05, 0) is 74.5 Å². The molecule has 2 nitrogen and oxygen atoms in total. The van der Waals surface area contributed by atoms with E-state index in [4.69, 9.17) is 23.2 Å².